The Morgan fingerprint density at radius 1 is 1.15 bits per heavy atom. The number of piperidine rings is 1. The molecule has 4 nitrogen and oxygen atoms in total. The van der Waals surface area contributed by atoms with E-state index < -0.39 is 5.54 Å². The molecule has 5 rings (SSSR count). The lowest BCUT2D eigenvalue weighted by molar-refractivity contribution is -0.139. The van der Waals surface area contributed by atoms with E-state index in [1.807, 2.05) is 4.90 Å². The molecule has 1 aliphatic heterocycles. The largest absolute Gasteiger partial charge is 0.393 e. The SMILES string of the molecule is CC(=O)N1[C@H]2CC3C4CC=C5C[C@H](O)CC[C@@]5(C)C4CC[C@@]3(C)[C@]21C(C)=O. The molecule has 4 heteroatoms. The summed E-state index contributed by atoms with van der Waals surface area (Å²) >= 11 is 0. The summed E-state index contributed by atoms with van der Waals surface area (Å²) in [5.74, 6) is 2.07. The van der Waals surface area contributed by atoms with Crippen molar-refractivity contribution < 1.29 is 14.7 Å². The highest BCUT2D eigenvalue weighted by atomic mass is 16.3. The third-order valence-electron chi connectivity index (χ3n) is 9.80. The smallest absolute Gasteiger partial charge is 0.220 e. The molecule has 0 radical (unpaired) electrons. The number of likely N-dealkylation sites (tertiary alicyclic amines) is 1. The first-order valence-corrected chi connectivity index (χ1v) is 10.9. The van der Waals surface area contributed by atoms with Gasteiger partial charge in [-0.15, -0.1) is 0 Å². The van der Waals surface area contributed by atoms with Crippen molar-refractivity contribution in [3.63, 3.8) is 0 Å². The second kappa shape index (κ2) is 5.25. The number of amides is 1. The van der Waals surface area contributed by atoms with Crippen LogP contribution in [0.2, 0.25) is 0 Å². The fourth-order valence-corrected chi connectivity index (χ4v) is 8.66. The highest BCUT2D eigenvalue weighted by Gasteiger charge is 2.82. The molecule has 1 N–H and O–H groups in total. The molecule has 5 aliphatic rings. The molecule has 4 aliphatic carbocycles. The number of ketones is 1. The van der Waals surface area contributed by atoms with E-state index in [9.17, 15) is 14.7 Å². The van der Waals surface area contributed by atoms with Crippen LogP contribution in [0.3, 0.4) is 0 Å². The molecular weight excluding hydrogens is 338 g/mol. The van der Waals surface area contributed by atoms with Crippen LogP contribution in [-0.2, 0) is 9.59 Å². The molecule has 3 saturated carbocycles. The van der Waals surface area contributed by atoms with Gasteiger partial charge < -0.3 is 10.0 Å². The lowest BCUT2D eigenvalue weighted by Crippen LogP contribution is -2.56. The first-order chi connectivity index (χ1) is 12.7. The van der Waals surface area contributed by atoms with E-state index in [0.29, 0.717) is 17.8 Å². The van der Waals surface area contributed by atoms with Crippen LogP contribution in [-0.4, -0.2) is 39.4 Å². The van der Waals surface area contributed by atoms with Crippen molar-refractivity contribution in [2.24, 2.45) is 28.6 Å². The minimum atomic E-state index is -0.526. The number of aliphatic hydroxyl groups excluding tert-OH is 1. The molecule has 0 aromatic rings. The second-order valence-corrected chi connectivity index (χ2v) is 10.6. The van der Waals surface area contributed by atoms with Crippen LogP contribution in [0, 0.1) is 28.6 Å². The molecule has 0 bridgehead atoms. The summed E-state index contributed by atoms with van der Waals surface area (Å²) in [5, 5.41) is 10.2. The van der Waals surface area contributed by atoms with Crippen molar-refractivity contribution in [2.75, 3.05) is 0 Å². The lowest BCUT2D eigenvalue weighted by atomic mass is 9.46. The molecule has 8 atom stereocenters. The van der Waals surface area contributed by atoms with Gasteiger partial charge in [-0.3, -0.25) is 9.59 Å². The van der Waals surface area contributed by atoms with Gasteiger partial charge in [0.15, 0.2) is 5.78 Å². The van der Waals surface area contributed by atoms with Crippen molar-refractivity contribution in [2.45, 2.75) is 90.3 Å². The molecule has 1 heterocycles. The maximum absolute atomic E-state index is 12.8. The predicted molar refractivity (Wildman–Crippen MR) is 103 cm³/mol. The van der Waals surface area contributed by atoms with Gasteiger partial charge >= 0.3 is 0 Å². The minimum absolute atomic E-state index is 0.0658. The Balaban J connectivity index is 1.52. The highest BCUT2D eigenvalue weighted by molar-refractivity contribution is 5.99. The Morgan fingerprint density at radius 2 is 1.89 bits per heavy atom. The van der Waals surface area contributed by atoms with Crippen LogP contribution in [0.25, 0.3) is 0 Å². The summed E-state index contributed by atoms with van der Waals surface area (Å²) in [7, 11) is 0. The fraction of sp³-hybridized carbons (Fsp3) is 0.826. The van der Waals surface area contributed by atoms with Gasteiger partial charge in [0.05, 0.1) is 12.1 Å². The molecule has 1 saturated heterocycles. The van der Waals surface area contributed by atoms with Gasteiger partial charge in [0.2, 0.25) is 5.91 Å². The maximum Gasteiger partial charge on any atom is 0.220 e. The van der Waals surface area contributed by atoms with Crippen LogP contribution < -0.4 is 0 Å². The highest BCUT2D eigenvalue weighted by Crippen LogP contribution is 2.74. The molecule has 148 valence electrons. The van der Waals surface area contributed by atoms with E-state index >= 15 is 0 Å². The molecule has 4 fully saturated rings. The number of Topliss-reactive ketones (excluding diaryl/α,β-unsaturated/α-hetero) is 1. The summed E-state index contributed by atoms with van der Waals surface area (Å²) in [6.07, 6.45) is 9.39. The first-order valence-electron chi connectivity index (χ1n) is 10.9. The van der Waals surface area contributed by atoms with Crippen LogP contribution >= 0.6 is 0 Å². The number of aliphatic hydroxyl groups is 1. The number of fused-ring (bicyclic) bond motifs is 7. The maximum atomic E-state index is 12.8. The van der Waals surface area contributed by atoms with E-state index in [1.54, 1.807) is 13.8 Å². The van der Waals surface area contributed by atoms with Gasteiger partial charge in [-0.25, -0.2) is 0 Å². The molecule has 0 aromatic carbocycles. The van der Waals surface area contributed by atoms with Gasteiger partial charge in [0.25, 0.3) is 0 Å². The third-order valence-corrected chi connectivity index (χ3v) is 9.80. The topological polar surface area (TPSA) is 57.4 Å². The molecule has 3 unspecified atom stereocenters. The molecule has 0 aromatic heterocycles. The number of hydrogen-bond acceptors (Lipinski definition) is 3. The van der Waals surface area contributed by atoms with E-state index in [4.69, 9.17) is 0 Å². The standard InChI is InChI=1S/C23H33NO3/c1-13(25)23-20(24(23)14(2)26)12-19-17-6-5-15-11-16(27)7-9-21(15,3)18(17)8-10-22(19,23)4/h5,16-20,27H,6-12H2,1-4H3/t16-,17?,18?,19?,20+,21-,22-,23+,24?/m1/s1. The van der Waals surface area contributed by atoms with Crippen molar-refractivity contribution in [1.29, 1.82) is 0 Å². The lowest BCUT2D eigenvalue weighted by Gasteiger charge is -2.58. The summed E-state index contributed by atoms with van der Waals surface area (Å²) in [6.45, 7) is 8.07. The van der Waals surface area contributed by atoms with Crippen LogP contribution in [0.4, 0.5) is 0 Å². The number of carbonyl (C=O) groups is 2. The number of rotatable bonds is 1. The zero-order valence-electron chi connectivity index (χ0n) is 17.1. The summed E-state index contributed by atoms with van der Waals surface area (Å²) in [5.41, 5.74) is 1.11. The number of hydrogen-bond donors (Lipinski definition) is 1. The Bertz CT molecular complexity index is 759. The summed E-state index contributed by atoms with van der Waals surface area (Å²) in [6, 6.07) is 0.132. The van der Waals surface area contributed by atoms with Gasteiger partial charge in [0, 0.05) is 12.3 Å². The Labute approximate surface area is 162 Å². The molecule has 1 amide bonds. The van der Waals surface area contributed by atoms with Gasteiger partial charge in [-0.2, -0.15) is 0 Å². The van der Waals surface area contributed by atoms with E-state index in [2.05, 4.69) is 19.9 Å². The third kappa shape index (κ3) is 1.89. The zero-order valence-corrected chi connectivity index (χ0v) is 17.1. The summed E-state index contributed by atoms with van der Waals surface area (Å²) in [4.78, 5) is 27.0. The Kier molecular flexibility index (Phi) is 3.48. The van der Waals surface area contributed by atoms with Crippen LogP contribution in [0.15, 0.2) is 11.6 Å². The average Bonchev–Trinajstić information content (AvgIpc) is 3.21. The predicted octanol–water partition coefficient (Wildman–Crippen LogP) is 3.48. The van der Waals surface area contributed by atoms with Crippen LogP contribution in [0.1, 0.15) is 72.6 Å². The monoisotopic (exact) mass is 371 g/mol. The van der Waals surface area contributed by atoms with Crippen molar-refractivity contribution in [3.8, 4) is 0 Å². The zero-order chi connectivity index (χ0) is 19.4. The van der Waals surface area contributed by atoms with E-state index in [0.717, 1.165) is 44.9 Å². The molecule has 27 heavy (non-hydrogen) atoms. The normalized spacial score (nSPS) is 52.9. The van der Waals surface area contributed by atoms with E-state index in [-0.39, 0.29) is 34.7 Å². The first kappa shape index (κ1) is 17.9. The Morgan fingerprint density at radius 3 is 2.56 bits per heavy atom. The minimum Gasteiger partial charge on any atom is -0.393 e. The number of allylic oxidation sites excluding steroid dienone is 1. The van der Waals surface area contributed by atoms with Gasteiger partial charge in [-0.05, 0) is 75.0 Å². The summed E-state index contributed by atoms with van der Waals surface area (Å²) < 4.78 is 0. The molecule has 0 spiro atoms. The number of nitrogens with zero attached hydrogens (tertiary/aromatic N) is 1. The van der Waals surface area contributed by atoms with Crippen LogP contribution in [0.5, 0.6) is 0 Å². The van der Waals surface area contributed by atoms with E-state index in [1.165, 1.54) is 5.57 Å². The molecular formula is C23H33NO3. The fourth-order valence-electron chi connectivity index (χ4n) is 8.66. The van der Waals surface area contributed by atoms with Crippen molar-refractivity contribution >= 4 is 11.7 Å². The Hall–Kier alpha value is -1.16. The van der Waals surface area contributed by atoms with Gasteiger partial charge in [-0.1, -0.05) is 25.5 Å². The van der Waals surface area contributed by atoms with Crippen molar-refractivity contribution in [3.05, 3.63) is 11.6 Å². The number of carbonyl (C=O) groups excluding carboxylic acids is 2. The van der Waals surface area contributed by atoms with Gasteiger partial charge in [0.1, 0.15) is 5.54 Å². The van der Waals surface area contributed by atoms with Crippen molar-refractivity contribution in [1.82, 2.24) is 4.90 Å². The average molecular weight is 372 g/mol. The quantitative estimate of drug-likeness (QED) is 0.567. The second-order valence-electron chi connectivity index (χ2n) is 10.6.